The second kappa shape index (κ2) is 6.79. The summed E-state index contributed by atoms with van der Waals surface area (Å²) in [4.78, 5) is 29.8. The van der Waals surface area contributed by atoms with Crippen LogP contribution < -0.4 is 5.56 Å². The standard InChI is InChI=1S/C19H26N2O5/c1-2-14-7-12(8-17(22)20-14)18(23)21-9-13-10-26-6-4-19(13,24)15-11-25-5-3-16(15)21/h7-8,13,15-16,24H,2-6,9-11H2,1H3,(H,20,22)/t13-,15+,16-,19-/m1/s1. The Morgan fingerprint density at radius 1 is 1.35 bits per heavy atom. The molecular formula is C19H26N2O5. The van der Waals surface area contributed by atoms with Crippen LogP contribution in [0.5, 0.6) is 0 Å². The summed E-state index contributed by atoms with van der Waals surface area (Å²) < 4.78 is 11.2. The van der Waals surface area contributed by atoms with Gasteiger partial charge in [-0.05, 0) is 18.9 Å². The second-order valence-corrected chi connectivity index (χ2v) is 7.62. The number of carbonyl (C=O) groups is 1. The molecule has 0 unspecified atom stereocenters. The smallest absolute Gasteiger partial charge is 0.254 e. The van der Waals surface area contributed by atoms with Crippen LogP contribution in [0.1, 0.15) is 35.8 Å². The van der Waals surface area contributed by atoms with Crippen LogP contribution in [-0.2, 0) is 15.9 Å². The SMILES string of the molecule is CCc1cc(C(=O)N2C[C@@H]3COCC[C@]3(O)[C@H]3COCC[C@H]32)cc(=O)[nH]1. The van der Waals surface area contributed by atoms with Gasteiger partial charge < -0.3 is 24.5 Å². The fourth-order valence-corrected chi connectivity index (χ4v) is 4.77. The van der Waals surface area contributed by atoms with Crippen molar-refractivity contribution in [2.75, 3.05) is 33.0 Å². The number of carbonyl (C=O) groups excluding carboxylic acids is 1. The molecular weight excluding hydrogens is 336 g/mol. The zero-order chi connectivity index (χ0) is 18.3. The molecule has 4 heterocycles. The number of nitrogens with zero attached hydrogens (tertiary/aromatic N) is 1. The number of H-pyrrole nitrogens is 1. The van der Waals surface area contributed by atoms with Gasteiger partial charge in [0.25, 0.3) is 5.91 Å². The molecule has 7 nitrogen and oxygen atoms in total. The average molecular weight is 362 g/mol. The number of aliphatic hydroxyl groups is 1. The Bertz CT molecular complexity index is 748. The van der Waals surface area contributed by atoms with Crippen molar-refractivity contribution in [3.63, 3.8) is 0 Å². The molecule has 0 saturated carbocycles. The molecule has 0 bridgehead atoms. The number of fused-ring (bicyclic) bond motifs is 3. The van der Waals surface area contributed by atoms with Gasteiger partial charge in [0.1, 0.15) is 0 Å². The predicted octanol–water partition coefficient (Wildman–Crippen LogP) is 0.566. The van der Waals surface area contributed by atoms with E-state index in [1.165, 1.54) is 6.07 Å². The summed E-state index contributed by atoms with van der Waals surface area (Å²) in [5.41, 5.74) is 0.0608. The van der Waals surface area contributed by atoms with Crippen molar-refractivity contribution in [2.45, 2.75) is 37.8 Å². The number of aryl methyl sites for hydroxylation is 1. The molecule has 142 valence electrons. The third-order valence-electron chi connectivity index (χ3n) is 6.24. The molecule has 1 amide bonds. The molecule has 2 N–H and O–H groups in total. The van der Waals surface area contributed by atoms with E-state index in [9.17, 15) is 14.7 Å². The summed E-state index contributed by atoms with van der Waals surface area (Å²) in [5, 5.41) is 11.3. The van der Waals surface area contributed by atoms with E-state index in [0.29, 0.717) is 57.8 Å². The van der Waals surface area contributed by atoms with E-state index in [4.69, 9.17) is 9.47 Å². The molecule has 4 rings (SSSR count). The number of rotatable bonds is 2. The Kier molecular flexibility index (Phi) is 4.62. The molecule has 0 radical (unpaired) electrons. The summed E-state index contributed by atoms with van der Waals surface area (Å²) in [6, 6.07) is 3.06. The molecule has 1 aromatic rings. The zero-order valence-corrected chi connectivity index (χ0v) is 15.1. The summed E-state index contributed by atoms with van der Waals surface area (Å²) in [6.07, 6.45) is 1.94. The third kappa shape index (κ3) is 2.88. The van der Waals surface area contributed by atoms with E-state index in [-0.39, 0.29) is 29.3 Å². The summed E-state index contributed by atoms with van der Waals surface area (Å²) in [6.45, 7) is 4.41. The summed E-state index contributed by atoms with van der Waals surface area (Å²) in [5.74, 6) is -0.387. The van der Waals surface area contributed by atoms with Gasteiger partial charge in [-0.15, -0.1) is 0 Å². The first-order valence-corrected chi connectivity index (χ1v) is 9.45. The maximum atomic E-state index is 13.3. The van der Waals surface area contributed by atoms with Crippen molar-refractivity contribution in [3.05, 3.63) is 33.7 Å². The van der Waals surface area contributed by atoms with Crippen LogP contribution in [0.15, 0.2) is 16.9 Å². The number of aromatic nitrogens is 1. The number of likely N-dealkylation sites (tertiary alicyclic amines) is 1. The third-order valence-corrected chi connectivity index (χ3v) is 6.24. The lowest BCUT2D eigenvalue weighted by Crippen LogP contribution is -2.68. The van der Waals surface area contributed by atoms with Gasteiger partial charge >= 0.3 is 0 Å². The fraction of sp³-hybridized carbons (Fsp3) is 0.684. The molecule has 4 atom stereocenters. The molecule has 7 heteroatoms. The van der Waals surface area contributed by atoms with Gasteiger partial charge in [-0.3, -0.25) is 9.59 Å². The maximum absolute atomic E-state index is 13.3. The van der Waals surface area contributed by atoms with Crippen LogP contribution in [-0.4, -0.2) is 65.5 Å². The molecule has 0 aliphatic carbocycles. The van der Waals surface area contributed by atoms with Gasteiger partial charge in [0.05, 0.1) is 18.8 Å². The van der Waals surface area contributed by atoms with Crippen LogP contribution >= 0.6 is 0 Å². The van der Waals surface area contributed by atoms with Gasteiger partial charge in [-0.2, -0.15) is 0 Å². The van der Waals surface area contributed by atoms with Gasteiger partial charge in [0.2, 0.25) is 5.56 Å². The number of piperidine rings is 1. The minimum atomic E-state index is -0.844. The Labute approximate surface area is 152 Å². The molecule has 3 fully saturated rings. The number of nitrogens with one attached hydrogen (secondary N) is 1. The highest BCUT2D eigenvalue weighted by atomic mass is 16.5. The van der Waals surface area contributed by atoms with Gasteiger partial charge in [-0.25, -0.2) is 0 Å². The van der Waals surface area contributed by atoms with Gasteiger partial charge in [0, 0.05) is 61.4 Å². The molecule has 1 aromatic heterocycles. The number of pyridine rings is 1. The first-order chi connectivity index (χ1) is 12.5. The highest BCUT2D eigenvalue weighted by Crippen LogP contribution is 2.44. The van der Waals surface area contributed by atoms with Crippen LogP contribution in [0.2, 0.25) is 0 Å². The lowest BCUT2D eigenvalue weighted by molar-refractivity contribution is -0.212. The fourth-order valence-electron chi connectivity index (χ4n) is 4.77. The van der Waals surface area contributed by atoms with Crippen LogP contribution in [0, 0.1) is 11.8 Å². The molecule has 3 aliphatic rings. The maximum Gasteiger partial charge on any atom is 0.254 e. The van der Waals surface area contributed by atoms with Crippen molar-refractivity contribution >= 4 is 5.91 Å². The first kappa shape index (κ1) is 17.7. The topological polar surface area (TPSA) is 91.9 Å². The van der Waals surface area contributed by atoms with Crippen molar-refractivity contribution < 1.29 is 19.4 Å². The van der Waals surface area contributed by atoms with E-state index >= 15 is 0 Å². The Morgan fingerprint density at radius 3 is 2.96 bits per heavy atom. The lowest BCUT2D eigenvalue weighted by atomic mass is 9.66. The Morgan fingerprint density at radius 2 is 2.15 bits per heavy atom. The van der Waals surface area contributed by atoms with Crippen molar-refractivity contribution in [1.82, 2.24) is 9.88 Å². The second-order valence-electron chi connectivity index (χ2n) is 7.62. The molecule has 26 heavy (non-hydrogen) atoms. The largest absolute Gasteiger partial charge is 0.389 e. The Hall–Kier alpha value is -1.70. The number of aromatic amines is 1. The molecule has 0 spiro atoms. The van der Waals surface area contributed by atoms with E-state index in [1.807, 2.05) is 11.8 Å². The number of amides is 1. The number of hydrogen-bond donors (Lipinski definition) is 2. The van der Waals surface area contributed by atoms with Crippen LogP contribution in [0.4, 0.5) is 0 Å². The van der Waals surface area contributed by atoms with Crippen molar-refractivity contribution in [2.24, 2.45) is 11.8 Å². The highest BCUT2D eigenvalue weighted by Gasteiger charge is 2.56. The van der Waals surface area contributed by atoms with Crippen LogP contribution in [0.25, 0.3) is 0 Å². The monoisotopic (exact) mass is 362 g/mol. The normalized spacial score (nSPS) is 34.1. The van der Waals surface area contributed by atoms with Gasteiger partial charge in [0.15, 0.2) is 0 Å². The Balaban J connectivity index is 1.68. The lowest BCUT2D eigenvalue weighted by Gasteiger charge is -2.57. The van der Waals surface area contributed by atoms with Crippen molar-refractivity contribution in [1.29, 1.82) is 0 Å². The predicted molar refractivity (Wildman–Crippen MR) is 94.1 cm³/mol. The molecule has 0 aromatic carbocycles. The summed E-state index contributed by atoms with van der Waals surface area (Å²) in [7, 11) is 0. The first-order valence-electron chi connectivity index (χ1n) is 9.45. The summed E-state index contributed by atoms with van der Waals surface area (Å²) >= 11 is 0. The number of hydrogen-bond acceptors (Lipinski definition) is 5. The van der Waals surface area contributed by atoms with Crippen molar-refractivity contribution in [3.8, 4) is 0 Å². The minimum absolute atomic E-state index is 0.0695. The van der Waals surface area contributed by atoms with E-state index in [1.54, 1.807) is 6.07 Å². The highest BCUT2D eigenvalue weighted by molar-refractivity contribution is 5.94. The van der Waals surface area contributed by atoms with Crippen LogP contribution in [0.3, 0.4) is 0 Å². The van der Waals surface area contributed by atoms with E-state index < -0.39 is 5.60 Å². The average Bonchev–Trinajstić information content (AvgIpc) is 2.66. The molecule has 3 aliphatic heterocycles. The zero-order valence-electron chi connectivity index (χ0n) is 15.1. The van der Waals surface area contributed by atoms with E-state index in [0.717, 1.165) is 5.69 Å². The van der Waals surface area contributed by atoms with Gasteiger partial charge in [-0.1, -0.05) is 6.92 Å². The van der Waals surface area contributed by atoms with E-state index in [2.05, 4.69) is 4.98 Å². The number of ether oxygens (including phenoxy) is 2. The quantitative estimate of drug-likeness (QED) is 0.802. The molecule has 3 saturated heterocycles. The minimum Gasteiger partial charge on any atom is -0.389 e.